The lowest BCUT2D eigenvalue weighted by atomic mass is 9.74. The SMILES string of the molecule is CCC1COCCC1N[C@@H]1CC[C@@](C(=O)N2CC=C(c3cc(C(F)(F)F)ccn3)CC2)(C(C)C)C1. The second-order valence-corrected chi connectivity index (χ2v) is 10.7. The lowest BCUT2D eigenvalue weighted by Crippen LogP contribution is -2.49. The maximum absolute atomic E-state index is 13.8. The van der Waals surface area contributed by atoms with E-state index in [1.165, 1.54) is 6.20 Å². The maximum atomic E-state index is 13.8. The summed E-state index contributed by atoms with van der Waals surface area (Å²) >= 11 is 0. The van der Waals surface area contributed by atoms with E-state index in [0.29, 0.717) is 43.2 Å². The first-order valence-electron chi connectivity index (χ1n) is 13.0. The molecule has 1 amide bonds. The zero-order chi connectivity index (χ0) is 25.2. The van der Waals surface area contributed by atoms with Crippen molar-refractivity contribution >= 4 is 11.5 Å². The number of amides is 1. The van der Waals surface area contributed by atoms with Gasteiger partial charge >= 0.3 is 6.18 Å². The third kappa shape index (κ3) is 5.58. The number of carbonyl (C=O) groups is 1. The van der Waals surface area contributed by atoms with Crippen LogP contribution < -0.4 is 5.32 Å². The number of aromatic nitrogens is 1. The summed E-state index contributed by atoms with van der Waals surface area (Å²) in [6, 6.07) is 2.86. The molecule has 1 aliphatic carbocycles. The second kappa shape index (κ2) is 10.6. The average molecular weight is 494 g/mol. The highest BCUT2D eigenvalue weighted by Gasteiger charge is 2.49. The van der Waals surface area contributed by atoms with Crippen LogP contribution in [-0.4, -0.2) is 54.2 Å². The lowest BCUT2D eigenvalue weighted by Gasteiger charge is -2.39. The van der Waals surface area contributed by atoms with E-state index in [1.54, 1.807) is 0 Å². The summed E-state index contributed by atoms with van der Waals surface area (Å²) in [5.41, 5.74) is 0.0251. The van der Waals surface area contributed by atoms with E-state index in [1.807, 2.05) is 11.0 Å². The summed E-state index contributed by atoms with van der Waals surface area (Å²) in [6.45, 7) is 9.00. The van der Waals surface area contributed by atoms with E-state index in [0.717, 1.165) is 63.0 Å². The van der Waals surface area contributed by atoms with Gasteiger partial charge in [0.25, 0.3) is 0 Å². The van der Waals surface area contributed by atoms with Gasteiger partial charge in [0, 0.05) is 38.0 Å². The first kappa shape index (κ1) is 26.1. The summed E-state index contributed by atoms with van der Waals surface area (Å²) in [6.07, 6.45) is 3.98. The Morgan fingerprint density at radius 1 is 1.34 bits per heavy atom. The number of alkyl halides is 3. The van der Waals surface area contributed by atoms with Crippen molar-refractivity contribution in [3.8, 4) is 0 Å². The minimum Gasteiger partial charge on any atom is -0.381 e. The molecule has 2 unspecified atom stereocenters. The number of halogens is 3. The molecule has 0 radical (unpaired) electrons. The summed E-state index contributed by atoms with van der Waals surface area (Å²) in [4.78, 5) is 19.9. The fraction of sp³-hybridized carbons (Fsp3) is 0.704. The zero-order valence-electron chi connectivity index (χ0n) is 21.0. The van der Waals surface area contributed by atoms with Gasteiger partial charge in [0.05, 0.1) is 23.3 Å². The molecule has 4 atom stereocenters. The molecule has 1 aromatic heterocycles. The molecule has 4 rings (SSSR count). The molecule has 0 aromatic carbocycles. The van der Waals surface area contributed by atoms with Gasteiger partial charge in [-0.25, -0.2) is 0 Å². The first-order valence-corrected chi connectivity index (χ1v) is 13.0. The largest absolute Gasteiger partial charge is 0.416 e. The summed E-state index contributed by atoms with van der Waals surface area (Å²) < 4.78 is 45.0. The molecule has 0 spiro atoms. The molecular formula is C27H38F3N3O2. The smallest absolute Gasteiger partial charge is 0.381 e. The van der Waals surface area contributed by atoms with Crippen LogP contribution in [-0.2, 0) is 15.7 Å². The third-order valence-electron chi connectivity index (χ3n) is 8.44. The number of carbonyl (C=O) groups excluding carboxylic acids is 1. The number of hydrogen-bond donors (Lipinski definition) is 1. The molecule has 1 N–H and O–H groups in total. The molecule has 2 fully saturated rings. The molecule has 2 aliphatic heterocycles. The summed E-state index contributed by atoms with van der Waals surface area (Å²) in [7, 11) is 0. The van der Waals surface area contributed by atoms with Crippen LogP contribution in [0.5, 0.6) is 0 Å². The molecule has 1 aromatic rings. The maximum Gasteiger partial charge on any atom is 0.416 e. The van der Waals surface area contributed by atoms with Crippen molar-refractivity contribution in [2.24, 2.45) is 17.3 Å². The monoisotopic (exact) mass is 493 g/mol. The van der Waals surface area contributed by atoms with Crippen LogP contribution in [0.2, 0.25) is 0 Å². The van der Waals surface area contributed by atoms with Gasteiger partial charge in [0.15, 0.2) is 0 Å². The highest BCUT2D eigenvalue weighted by Crippen LogP contribution is 2.46. The quantitative estimate of drug-likeness (QED) is 0.583. The molecule has 3 aliphatic rings. The number of hydrogen-bond acceptors (Lipinski definition) is 4. The Labute approximate surface area is 206 Å². The van der Waals surface area contributed by atoms with E-state index < -0.39 is 17.2 Å². The predicted molar refractivity (Wildman–Crippen MR) is 129 cm³/mol. The number of nitrogens with one attached hydrogen (secondary N) is 1. The minimum absolute atomic E-state index is 0.183. The molecule has 8 heteroatoms. The van der Waals surface area contributed by atoms with Gasteiger partial charge in [-0.1, -0.05) is 26.8 Å². The molecule has 5 nitrogen and oxygen atoms in total. The predicted octanol–water partition coefficient (Wildman–Crippen LogP) is 5.32. The van der Waals surface area contributed by atoms with E-state index in [9.17, 15) is 18.0 Å². The van der Waals surface area contributed by atoms with Gasteiger partial charge in [-0.15, -0.1) is 0 Å². The van der Waals surface area contributed by atoms with Gasteiger partial charge in [0.1, 0.15) is 0 Å². The van der Waals surface area contributed by atoms with Crippen molar-refractivity contribution in [2.45, 2.75) is 77.6 Å². The van der Waals surface area contributed by atoms with Gasteiger partial charge < -0.3 is 15.0 Å². The highest BCUT2D eigenvalue weighted by atomic mass is 19.4. The Morgan fingerprint density at radius 2 is 2.14 bits per heavy atom. The Morgan fingerprint density at radius 3 is 2.80 bits per heavy atom. The van der Waals surface area contributed by atoms with Crippen molar-refractivity contribution in [1.29, 1.82) is 0 Å². The van der Waals surface area contributed by atoms with E-state index in [-0.39, 0.29) is 11.8 Å². The molecular weight excluding hydrogens is 455 g/mol. The molecule has 35 heavy (non-hydrogen) atoms. The fourth-order valence-electron chi connectivity index (χ4n) is 6.09. The van der Waals surface area contributed by atoms with Crippen molar-refractivity contribution in [3.05, 3.63) is 35.7 Å². The van der Waals surface area contributed by atoms with Crippen molar-refractivity contribution < 1.29 is 22.7 Å². The molecule has 0 bridgehead atoms. The van der Waals surface area contributed by atoms with E-state index >= 15 is 0 Å². The summed E-state index contributed by atoms with van der Waals surface area (Å²) in [5, 5.41) is 3.87. The Balaban J connectivity index is 1.43. The Hall–Kier alpha value is -1.93. The van der Waals surface area contributed by atoms with Gasteiger partial charge in [0.2, 0.25) is 5.91 Å². The van der Waals surface area contributed by atoms with Gasteiger partial charge in [-0.3, -0.25) is 9.78 Å². The molecule has 1 saturated heterocycles. The summed E-state index contributed by atoms with van der Waals surface area (Å²) in [5.74, 6) is 0.917. The Bertz CT molecular complexity index is 932. The molecule has 3 heterocycles. The number of pyridine rings is 1. The second-order valence-electron chi connectivity index (χ2n) is 10.7. The normalized spacial score (nSPS) is 30.0. The minimum atomic E-state index is -4.40. The topological polar surface area (TPSA) is 54.5 Å². The van der Waals surface area contributed by atoms with Crippen LogP contribution in [0.4, 0.5) is 13.2 Å². The average Bonchev–Trinajstić information content (AvgIpc) is 3.29. The van der Waals surface area contributed by atoms with Crippen molar-refractivity contribution in [1.82, 2.24) is 15.2 Å². The van der Waals surface area contributed by atoms with Crippen LogP contribution in [0, 0.1) is 17.3 Å². The van der Waals surface area contributed by atoms with Gasteiger partial charge in [-0.2, -0.15) is 13.2 Å². The standard InChI is InChI=1S/C27H38F3N3O2/c1-4-19-17-35-14-9-23(19)32-22-5-10-26(16-22,18(2)3)25(34)33-12-7-20(8-13-33)24-15-21(6-11-31-24)27(28,29)30/h6-7,11,15,18-19,22-23,32H,4-5,8-10,12-14,16-17H2,1-3H3/t19?,22-,23?,26+/m1/s1. The zero-order valence-corrected chi connectivity index (χ0v) is 21.0. The number of nitrogens with zero attached hydrogens (tertiary/aromatic N) is 2. The van der Waals surface area contributed by atoms with Gasteiger partial charge in [-0.05, 0) is 68.1 Å². The van der Waals surface area contributed by atoms with Crippen molar-refractivity contribution in [3.63, 3.8) is 0 Å². The van der Waals surface area contributed by atoms with Crippen LogP contribution in [0.25, 0.3) is 5.57 Å². The van der Waals surface area contributed by atoms with E-state index in [2.05, 4.69) is 31.1 Å². The number of ether oxygens (including phenoxy) is 1. The molecule has 194 valence electrons. The molecule has 1 saturated carbocycles. The highest BCUT2D eigenvalue weighted by molar-refractivity contribution is 5.84. The van der Waals surface area contributed by atoms with Crippen LogP contribution in [0.15, 0.2) is 24.4 Å². The van der Waals surface area contributed by atoms with E-state index in [4.69, 9.17) is 4.74 Å². The number of rotatable bonds is 6. The van der Waals surface area contributed by atoms with Crippen molar-refractivity contribution in [2.75, 3.05) is 26.3 Å². The lowest BCUT2D eigenvalue weighted by molar-refractivity contribution is -0.144. The van der Waals surface area contributed by atoms with Crippen LogP contribution >= 0.6 is 0 Å². The third-order valence-corrected chi connectivity index (χ3v) is 8.44. The Kier molecular flexibility index (Phi) is 7.91. The van der Waals surface area contributed by atoms with Crippen LogP contribution in [0.3, 0.4) is 0 Å². The first-order chi connectivity index (χ1) is 16.6. The fourth-order valence-corrected chi connectivity index (χ4v) is 6.09. The van der Waals surface area contributed by atoms with Crippen LogP contribution in [0.1, 0.15) is 70.6 Å².